The lowest BCUT2D eigenvalue weighted by Crippen LogP contribution is -2.18. The van der Waals surface area contributed by atoms with Crippen LogP contribution in [-0.4, -0.2) is 39.4 Å². The average molecular weight is 459 g/mol. The summed E-state index contributed by atoms with van der Waals surface area (Å²) < 4.78 is 6.55. The van der Waals surface area contributed by atoms with Gasteiger partial charge in [-0.15, -0.1) is 22.0 Å². The first-order chi connectivity index (χ1) is 15.1. The Balaban J connectivity index is 1.52. The zero-order chi connectivity index (χ0) is 22.1. The molecule has 10 heteroatoms. The molecule has 0 unspecified atom stereocenters. The number of methoxy groups -OCH3 is 1. The van der Waals surface area contributed by atoms with Crippen LogP contribution in [0.1, 0.15) is 19.2 Å². The van der Waals surface area contributed by atoms with Gasteiger partial charge in [0.15, 0.2) is 5.82 Å². The van der Waals surface area contributed by atoms with E-state index in [-0.39, 0.29) is 11.7 Å². The van der Waals surface area contributed by atoms with Crippen LogP contribution in [0, 0.1) is 0 Å². The van der Waals surface area contributed by atoms with E-state index >= 15 is 0 Å². The minimum atomic E-state index is -0.115. The highest BCUT2D eigenvalue weighted by Crippen LogP contribution is 2.27. The van der Waals surface area contributed by atoms with E-state index in [1.807, 2.05) is 48.5 Å². The Labute approximate surface area is 190 Å². The summed E-state index contributed by atoms with van der Waals surface area (Å²) in [7, 11) is 1.63. The smallest absolute Gasteiger partial charge is 0.234 e. The van der Waals surface area contributed by atoms with E-state index < -0.39 is 0 Å². The second kappa shape index (κ2) is 11.5. The Bertz CT molecular complexity index is 994. The number of carbonyl (C=O) groups is 1. The summed E-state index contributed by atoms with van der Waals surface area (Å²) >= 11 is 2.98. The van der Waals surface area contributed by atoms with Crippen molar-refractivity contribution >= 4 is 40.8 Å². The maximum atomic E-state index is 12.4. The molecule has 0 fully saturated rings. The molecule has 1 heterocycles. The van der Waals surface area contributed by atoms with Crippen molar-refractivity contribution < 1.29 is 9.53 Å². The summed E-state index contributed by atoms with van der Waals surface area (Å²) in [5.74, 6) is 8.54. The van der Waals surface area contributed by atoms with E-state index in [1.165, 1.54) is 16.4 Å². The standard InChI is InChI=1S/C21H26N6O2S2/c1-3-12-30-18-7-5-4-6-17(18)24-20(28)14-31-21-26-25-19(27(21)22)13-23-15-8-10-16(29-2)11-9-15/h4-11,23H,3,12-14,22H2,1-2H3,(H,24,28). The number of hydrogen-bond donors (Lipinski definition) is 3. The number of rotatable bonds is 11. The summed E-state index contributed by atoms with van der Waals surface area (Å²) in [6.45, 7) is 2.54. The first kappa shape index (κ1) is 22.8. The average Bonchev–Trinajstić information content (AvgIpc) is 3.15. The fourth-order valence-electron chi connectivity index (χ4n) is 2.64. The highest BCUT2D eigenvalue weighted by atomic mass is 32.2. The number of nitrogens with two attached hydrogens (primary N) is 1. The van der Waals surface area contributed by atoms with E-state index in [4.69, 9.17) is 10.6 Å². The maximum Gasteiger partial charge on any atom is 0.234 e. The molecule has 1 amide bonds. The van der Waals surface area contributed by atoms with Crippen LogP contribution >= 0.6 is 23.5 Å². The summed E-state index contributed by atoms with van der Waals surface area (Å²) in [4.78, 5) is 13.5. The molecular weight excluding hydrogens is 432 g/mol. The van der Waals surface area contributed by atoms with E-state index in [2.05, 4.69) is 27.8 Å². The van der Waals surface area contributed by atoms with E-state index in [0.717, 1.165) is 34.2 Å². The fourth-order valence-corrected chi connectivity index (χ4v) is 4.19. The van der Waals surface area contributed by atoms with Crippen molar-refractivity contribution in [3.05, 3.63) is 54.4 Å². The van der Waals surface area contributed by atoms with Crippen LogP contribution in [0.2, 0.25) is 0 Å². The minimum absolute atomic E-state index is 0.115. The topological polar surface area (TPSA) is 107 Å². The van der Waals surface area contributed by atoms with Crippen molar-refractivity contribution in [2.24, 2.45) is 0 Å². The van der Waals surface area contributed by atoms with Crippen molar-refractivity contribution in [3.63, 3.8) is 0 Å². The normalized spacial score (nSPS) is 10.6. The van der Waals surface area contributed by atoms with Gasteiger partial charge in [-0.2, -0.15) is 0 Å². The van der Waals surface area contributed by atoms with Gasteiger partial charge >= 0.3 is 0 Å². The van der Waals surface area contributed by atoms with E-state index in [9.17, 15) is 4.79 Å². The minimum Gasteiger partial charge on any atom is -0.497 e. The molecule has 4 N–H and O–H groups in total. The lowest BCUT2D eigenvalue weighted by molar-refractivity contribution is -0.113. The third-order valence-corrected chi connectivity index (χ3v) is 6.45. The molecule has 0 saturated carbocycles. The molecule has 0 aliphatic rings. The van der Waals surface area contributed by atoms with Gasteiger partial charge in [-0.05, 0) is 48.6 Å². The SMILES string of the molecule is CCCSc1ccccc1NC(=O)CSc1nnc(CNc2ccc(OC)cc2)n1N. The highest BCUT2D eigenvalue weighted by Gasteiger charge is 2.13. The van der Waals surface area contributed by atoms with Gasteiger partial charge in [-0.25, -0.2) is 4.68 Å². The molecular formula is C21H26N6O2S2. The number of carbonyl (C=O) groups excluding carboxylic acids is 1. The maximum absolute atomic E-state index is 12.4. The Hall–Kier alpha value is -2.85. The number of amides is 1. The fraction of sp³-hybridized carbons (Fsp3) is 0.286. The number of aromatic nitrogens is 3. The molecule has 31 heavy (non-hydrogen) atoms. The van der Waals surface area contributed by atoms with E-state index in [1.54, 1.807) is 18.9 Å². The molecule has 0 radical (unpaired) electrons. The molecule has 0 saturated heterocycles. The Kier molecular flexibility index (Phi) is 8.48. The molecule has 0 aliphatic heterocycles. The lowest BCUT2D eigenvalue weighted by atomic mass is 10.3. The Morgan fingerprint density at radius 2 is 1.90 bits per heavy atom. The van der Waals surface area contributed by atoms with Crippen LogP contribution in [0.5, 0.6) is 5.75 Å². The summed E-state index contributed by atoms with van der Waals surface area (Å²) in [5, 5.41) is 14.9. The van der Waals surface area contributed by atoms with Gasteiger partial charge in [0.1, 0.15) is 5.75 Å². The summed E-state index contributed by atoms with van der Waals surface area (Å²) in [6, 6.07) is 15.4. The summed E-state index contributed by atoms with van der Waals surface area (Å²) in [6.07, 6.45) is 1.07. The molecule has 164 valence electrons. The lowest BCUT2D eigenvalue weighted by Gasteiger charge is -2.10. The number of nitrogens with one attached hydrogen (secondary N) is 2. The van der Waals surface area contributed by atoms with Gasteiger partial charge < -0.3 is 21.2 Å². The number of ether oxygens (including phenoxy) is 1. The quantitative estimate of drug-likeness (QED) is 0.294. The number of nitrogen functional groups attached to an aromatic ring is 1. The number of hydrogen-bond acceptors (Lipinski definition) is 8. The summed E-state index contributed by atoms with van der Waals surface area (Å²) in [5.41, 5.74) is 1.74. The van der Waals surface area contributed by atoms with Crippen molar-refractivity contribution in [1.29, 1.82) is 0 Å². The van der Waals surface area contributed by atoms with Crippen molar-refractivity contribution in [1.82, 2.24) is 14.9 Å². The number of nitrogens with zero attached hydrogens (tertiary/aromatic N) is 3. The first-order valence-corrected chi connectivity index (χ1v) is 11.8. The zero-order valence-electron chi connectivity index (χ0n) is 17.5. The predicted molar refractivity (Wildman–Crippen MR) is 127 cm³/mol. The monoisotopic (exact) mass is 458 g/mol. The van der Waals surface area contributed by atoms with Gasteiger partial charge in [0.2, 0.25) is 11.1 Å². The third-order valence-electron chi connectivity index (χ3n) is 4.23. The van der Waals surface area contributed by atoms with Crippen molar-refractivity contribution in [2.75, 3.05) is 35.1 Å². The molecule has 2 aromatic carbocycles. The Morgan fingerprint density at radius 3 is 2.65 bits per heavy atom. The molecule has 3 aromatic rings. The van der Waals surface area contributed by atoms with Crippen LogP contribution < -0.4 is 21.2 Å². The van der Waals surface area contributed by atoms with Crippen molar-refractivity contribution in [2.45, 2.75) is 29.9 Å². The van der Waals surface area contributed by atoms with E-state index in [0.29, 0.717) is 17.5 Å². The predicted octanol–water partition coefficient (Wildman–Crippen LogP) is 3.85. The first-order valence-electron chi connectivity index (χ1n) is 9.82. The highest BCUT2D eigenvalue weighted by molar-refractivity contribution is 8.00. The van der Waals surface area contributed by atoms with Crippen LogP contribution in [0.15, 0.2) is 58.6 Å². The largest absolute Gasteiger partial charge is 0.497 e. The molecule has 3 rings (SSSR count). The van der Waals surface area contributed by atoms with Gasteiger partial charge in [0.25, 0.3) is 0 Å². The third kappa shape index (κ3) is 6.56. The molecule has 0 aliphatic carbocycles. The second-order valence-electron chi connectivity index (χ2n) is 6.53. The number of benzene rings is 2. The molecule has 0 atom stereocenters. The van der Waals surface area contributed by atoms with Gasteiger partial charge in [0, 0.05) is 10.6 Å². The number of thioether (sulfide) groups is 2. The molecule has 1 aromatic heterocycles. The van der Waals surface area contributed by atoms with Crippen LogP contribution in [-0.2, 0) is 11.3 Å². The van der Waals surface area contributed by atoms with Crippen molar-refractivity contribution in [3.8, 4) is 5.75 Å². The molecule has 0 spiro atoms. The molecule has 0 bridgehead atoms. The number of anilines is 2. The zero-order valence-corrected chi connectivity index (χ0v) is 19.1. The number of para-hydroxylation sites is 1. The second-order valence-corrected chi connectivity index (χ2v) is 8.61. The van der Waals surface area contributed by atoms with Gasteiger partial charge in [0.05, 0.1) is 25.1 Å². The molecule has 8 nitrogen and oxygen atoms in total. The van der Waals surface area contributed by atoms with Crippen LogP contribution in [0.3, 0.4) is 0 Å². The van der Waals surface area contributed by atoms with Gasteiger partial charge in [-0.3, -0.25) is 4.79 Å². The van der Waals surface area contributed by atoms with Gasteiger partial charge in [-0.1, -0.05) is 30.8 Å². The Morgan fingerprint density at radius 1 is 1.13 bits per heavy atom. The van der Waals surface area contributed by atoms with Crippen LogP contribution in [0.25, 0.3) is 0 Å². The van der Waals surface area contributed by atoms with Crippen LogP contribution in [0.4, 0.5) is 11.4 Å².